The molecule has 0 heterocycles. The molecule has 108 valence electrons. The molecule has 0 bridgehead atoms. The van der Waals surface area contributed by atoms with Gasteiger partial charge in [-0.15, -0.1) is 0 Å². The van der Waals surface area contributed by atoms with Gasteiger partial charge < -0.3 is 10.2 Å². The Morgan fingerprint density at radius 3 is 2.44 bits per heavy atom. The van der Waals surface area contributed by atoms with Crippen molar-refractivity contribution in [3.63, 3.8) is 0 Å². The number of nitrogens with zero attached hydrogens (tertiary/aromatic N) is 2. The van der Waals surface area contributed by atoms with Crippen LogP contribution >= 0.6 is 0 Å². The highest BCUT2D eigenvalue weighted by molar-refractivity contribution is 4.87. The molecule has 1 aliphatic rings. The molecular formula is C15H33N3. The van der Waals surface area contributed by atoms with Crippen LogP contribution in [0.5, 0.6) is 0 Å². The molecule has 2 atom stereocenters. The summed E-state index contributed by atoms with van der Waals surface area (Å²) in [5.74, 6) is 0.769. The van der Waals surface area contributed by atoms with Crippen molar-refractivity contribution in [2.45, 2.75) is 52.1 Å². The molecule has 0 aromatic rings. The molecular weight excluding hydrogens is 222 g/mol. The molecule has 18 heavy (non-hydrogen) atoms. The third-order valence-corrected chi connectivity index (χ3v) is 3.85. The van der Waals surface area contributed by atoms with E-state index in [2.05, 4.69) is 50.0 Å². The fourth-order valence-electron chi connectivity index (χ4n) is 2.98. The summed E-state index contributed by atoms with van der Waals surface area (Å²) in [6.07, 6.45) is 4.07. The summed E-state index contributed by atoms with van der Waals surface area (Å²) in [4.78, 5) is 5.02. The van der Waals surface area contributed by atoms with Crippen molar-refractivity contribution >= 4 is 0 Å². The predicted octanol–water partition coefficient (Wildman–Crippen LogP) is 2.04. The highest BCUT2D eigenvalue weighted by Gasteiger charge is 2.28. The first kappa shape index (κ1) is 15.9. The molecule has 0 aromatic heterocycles. The molecule has 0 aliphatic heterocycles. The van der Waals surface area contributed by atoms with E-state index in [4.69, 9.17) is 0 Å². The van der Waals surface area contributed by atoms with Gasteiger partial charge in [0.15, 0.2) is 0 Å². The van der Waals surface area contributed by atoms with Gasteiger partial charge in [-0.1, -0.05) is 20.8 Å². The topological polar surface area (TPSA) is 18.5 Å². The van der Waals surface area contributed by atoms with E-state index in [1.54, 1.807) is 0 Å². The lowest BCUT2D eigenvalue weighted by atomic mass is 10.1. The van der Waals surface area contributed by atoms with E-state index < -0.39 is 0 Å². The minimum Gasteiger partial charge on any atom is -0.314 e. The maximum Gasteiger partial charge on any atom is 0.0112 e. The van der Waals surface area contributed by atoms with E-state index in [0.29, 0.717) is 0 Å². The summed E-state index contributed by atoms with van der Waals surface area (Å²) in [5.41, 5.74) is 0. The van der Waals surface area contributed by atoms with Gasteiger partial charge in [-0.2, -0.15) is 0 Å². The molecule has 3 nitrogen and oxygen atoms in total. The second-order valence-electron chi connectivity index (χ2n) is 6.41. The fourth-order valence-corrected chi connectivity index (χ4v) is 2.98. The average molecular weight is 255 g/mol. The zero-order chi connectivity index (χ0) is 13.5. The summed E-state index contributed by atoms with van der Waals surface area (Å²) < 4.78 is 0. The molecule has 1 rings (SSSR count). The average Bonchev–Trinajstić information content (AvgIpc) is 2.72. The quantitative estimate of drug-likeness (QED) is 0.716. The summed E-state index contributed by atoms with van der Waals surface area (Å²) in [6, 6.07) is 1.56. The Morgan fingerprint density at radius 2 is 1.89 bits per heavy atom. The Morgan fingerprint density at radius 1 is 1.17 bits per heavy atom. The third kappa shape index (κ3) is 5.68. The molecule has 0 saturated heterocycles. The Labute approximate surface area is 114 Å². The van der Waals surface area contributed by atoms with Crippen LogP contribution in [0.3, 0.4) is 0 Å². The van der Waals surface area contributed by atoms with Crippen LogP contribution in [-0.4, -0.2) is 62.2 Å². The Bertz CT molecular complexity index is 216. The first-order valence-corrected chi connectivity index (χ1v) is 7.65. The number of rotatable bonds is 8. The maximum atomic E-state index is 3.61. The highest BCUT2D eigenvalue weighted by Crippen LogP contribution is 2.24. The molecule has 0 amide bonds. The highest BCUT2D eigenvalue weighted by atomic mass is 15.2. The fraction of sp³-hybridized carbons (Fsp3) is 1.00. The summed E-state index contributed by atoms with van der Waals surface area (Å²) in [5, 5.41) is 3.61. The SMILES string of the molecule is CCNC1CCC(N(CCN(C)C)CC(C)C)C1. The molecule has 0 spiro atoms. The van der Waals surface area contributed by atoms with Crippen molar-refractivity contribution in [1.82, 2.24) is 15.1 Å². The Hall–Kier alpha value is -0.120. The number of hydrogen-bond acceptors (Lipinski definition) is 3. The van der Waals surface area contributed by atoms with Crippen molar-refractivity contribution < 1.29 is 0 Å². The van der Waals surface area contributed by atoms with Crippen LogP contribution in [0.2, 0.25) is 0 Å². The van der Waals surface area contributed by atoms with Gasteiger partial charge in [0.2, 0.25) is 0 Å². The van der Waals surface area contributed by atoms with E-state index in [0.717, 1.165) is 24.5 Å². The molecule has 0 radical (unpaired) electrons. The van der Waals surface area contributed by atoms with Crippen molar-refractivity contribution in [3.05, 3.63) is 0 Å². The zero-order valence-corrected chi connectivity index (χ0v) is 13.1. The number of nitrogens with one attached hydrogen (secondary N) is 1. The molecule has 1 saturated carbocycles. The normalized spacial score (nSPS) is 24.7. The number of hydrogen-bond donors (Lipinski definition) is 1. The minimum absolute atomic E-state index is 0.758. The van der Waals surface area contributed by atoms with Crippen molar-refractivity contribution in [2.24, 2.45) is 5.92 Å². The molecule has 1 N–H and O–H groups in total. The van der Waals surface area contributed by atoms with Crippen molar-refractivity contribution in [1.29, 1.82) is 0 Å². The largest absolute Gasteiger partial charge is 0.314 e. The van der Waals surface area contributed by atoms with Crippen LogP contribution in [0.4, 0.5) is 0 Å². The van der Waals surface area contributed by atoms with Crippen LogP contribution in [-0.2, 0) is 0 Å². The second kappa shape index (κ2) is 8.13. The van der Waals surface area contributed by atoms with E-state index >= 15 is 0 Å². The lowest BCUT2D eigenvalue weighted by molar-refractivity contribution is 0.160. The Kier molecular flexibility index (Phi) is 7.20. The molecule has 0 aromatic carbocycles. The van der Waals surface area contributed by atoms with Crippen LogP contribution in [0.15, 0.2) is 0 Å². The standard InChI is InChI=1S/C15H33N3/c1-6-16-14-7-8-15(11-14)18(12-13(2)3)10-9-17(4)5/h13-16H,6-12H2,1-5H3. The summed E-state index contributed by atoms with van der Waals surface area (Å²) in [6.45, 7) is 11.6. The van der Waals surface area contributed by atoms with E-state index in [-0.39, 0.29) is 0 Å². The van der Waals surface area contributed by atoms with Crippen LogP contribution in [0, 0.1) is 5.92 Å². The van der Waals surface area contributed by atoms with Crippen molar-refractivity contribution in [2.75, 3.05) is 40.3 Å². The van der Waals surface area contributed by atoms with Gasteiger partial charge in [-0.25, -0.2) is 0 Å². The second-order valence-corrected chi connectivity index (χ2v) is 6.41. The molecule has 1 fully saturated rings. The summed E-state index contributed by atoms with van der Waals surface area (Å²) >= 11 is 0. The van der Waals surface area contributed by atoms with Gasteiger partial charge in [0.25, 0.3) is 0 Å². The minimum atomic E-state index is 0.758. The lowest BCUT2D eigenvalue weighted by Crippen LogP contribution is -2.41. The van der Waals surface area contributed by atoms with E-state index in [1.807, 2.05) is 0 Å². The monoisotopic (exact) mass is 255 g/mol. The first-order chi connectivity index (χ1) is 8.52. The van der Waals surface area contributed by atoms with Gasteiger partial charge in [0.05, 0.1) is 0 Å². The lowest BCUT2D eigenvalue weighted by Gasteiger charge is -2.31. The zero-order valence-electron chi connectivity index (χ0n) is 13.1. The first-order valence-electron chi connectivity index (χ1n) is 7.65. The third-order valence-electron chi connectivity index (χ3n) is 3.85. The van der Waals surface area contributed by atoms with Crippen LogP contribution in [0.25, 0.3) is 0 Å². The predicted molar refractivity (Wildman–Crippen MR) is 80.1 cm³/mol. The molecule has 3 heteroatoms. The van der Waals surface area contributed by atoms with Crippen LogP contribution in [0.1, 0.15) is 40.0 Å². The molecule has 2 unspecified atom stereocenters. The summed E-state index contributed by atoms with van der Waals surface area (Å²) in [7, 11) is 4.34. The van der Waals surface area contributed by atoms with E-state index in [9.17, 15) is 0 Å². The van der Waals surface area contributed by atoms with Gasteiger partial charge in [-0.05, 0) is 45.8 Å². The maximum absolute atomic E-state index is 3.61. The molecule has 1 aliphatic carbocycles. The van der Waals surface area contributed by atoms with Crippen LogP contribution < -0.4 is 5.32 Å². The smallest absolute Gasteiger partial charge is 0.0112 e. The van der Waals surface area contributed by atoms with E-state index in [1.165, 1.54) is 38.9 Å². The Balaban J connectivity index is 2.44. The number of likely N-dealkylation sites (N-methyl/N-ethyl adjacent to an activating group) is 1. The van der Waals surface area contributed by atoms with Gasteiger partial charge in [-0.3, -0.25) is 4.90 Å². The van der Waals surface area contributed by atoms with Crippen molar-refractivity contribution in [3.8, 4) is 0 Å². The van der Waals surface area contributed by atoms with Gasteiger partial charge in [0, 0.05) is 31.7 Å². The van der Waals surface area contributed by atoms with Gasteiger partial charge >= 0.3 is 0 Å². The van der Waals surface area contributed by atoms with Gasteiger partial charge in [0.1, 0.15) is 0 Å².